The first-order valence-corrected chi connectivity index (χ1v) is 8.22. The molecule has 1 fully saturated rings. The summed E-state index contributed by atoms with van der Waals surface area (Å²) in [6.45, 7) is 7.27. The minimum Gasteiger partial charge on any atom is -0.390 e. The van der Waals surface area contributed by atoms with Crippen LogP contribution in [0, 0.1) is 12.8 Å². The molecular weight excluding hydrogens is 272 g/mol. The Labute approximate surface area is 124 Å². The molecule has 0 aliphatic carbocycles. The van der Waals surface area contributed by atoms with Gasteiger partial charge in [0.25, 0.3) is 5.91 Å². The molecule has 1 aromatic rings. The highest BCUT2D eigenvalue weighted by molar-refractivity contribution is 7.08. The fourth-order valence-electron chi connectivity index (χ4n) is 2.51. The lowest BCUT2D eigenvalue weighted by Crippen LogP contribution is -2.43. The monoisotopic (exact) mass is 296 g/mol. The molecule has 1 atom stereocenters. The van der Waals surface area contributed by atoms with Gasteiger partial charge in [-0.05, 0) is 49.7 Å². The zero-order chi connectivity index (χ0) is 14.5. The topological polar surface area (TPSA) is 52.6 Å². The average Bonchev–Trinajstić information content (AvgIpc) is 2.85. The molecule has 112 valence electrons. The fraction of sp³-hybridized carbons (Fsp3) is 0.667. The number of likely N-dealkylation sites (tertiary alicyclic amines) is 1. The number of aliphatic hydroxyl groups is 1. The van der Waals surface area contributed by atoms with E-state index in [9.17, 15) is 9.90 Å². The molecular formula is C15H24N2O2S. The Hall–Kier alpha value is -0.910. The number of thiophene rings is 1. The van der Waals surface area contributed by atoms with Crippen LogP contribution in [0.5, 0.6) is 0 Å². The SMILES string of the molecule is Cc1cscc1C(=O)NCC(O)CN1CCC(C)CC1. The maximum Gasteiger partial charge on any atom is 0.252 e. The molecule has 1 saturated heterocycles. The molecule has 1 aliphatic heterocycles. The molecule has 1 amide bonds. The van der Waals surface area contributed by atoms with E-state index in [0.29, 0.717) is 18.7 Å². The normalized spacial score (nSPS) is 18.9. The van der Waals surface area contributed by atoms with Crippen LogP contribution in [0.25, 0.3) is 0 Å². The van der Waals surface area contributed by atoms with Gasteiger partial charge < -0.3 is 15.3 Å². The highest BCUT2D eigenvalue weighted by Crippen LogP contribution is 2.16. The minimum atomic E-state index is -0.494. The number of carbonyl (C=O) groups is 1. The van der Waals surface area contributed by atoms with Gasteiger partial charge in [0.2, 0.25) is 0 Å². The van der Waals surface area contributed by atoms with E-state index < -0.39 is 6.10 Å². The van der Waals surface area contributed by atoms with E-state index in [2.05, 4.69) is 17.1 Å². The summed E-state index contributed by atoms with van der Waals surface area (Å²) in [7, 11) is 0. The highest BCUT2D eigenvalue weighted by atomic mass is 32.1. The summed E-state index contributed by atoms with van der Waals surface area (Å²) in [6, 6.07) is 0. The van der Waals surface area contributed by atoms with Gasteiger partial charge in [0.1, 0.15) is 0 Å². The number of hydrogen-bond acceptors (Lipinski definition) is 4. The molecule has 2 heterocycles. The van der Waals surface area contributed by atoms with Gasteiger partial charge in [-0.2, -0.15) is 11.3 Å². The maximum atomic E-state index is 11.9. The summed E-state index contributed by atoms with van der Waals surface area (Å²) in [5.41, 5.74) is 1.71. The van der Waals surface area contributed by atoms with Crippen molar-refractivity contribution in [1.29, 1.82) is 0 Å². The van der Waals surface area contributed by atoms with Gasteiger partial charge >= 0.3 is 0 Å². The van der Waals surface area contributed by atoms with E-state index in [1.807, 2.05) is 17.7 Å². The third kappa shape index (κ3) is 4.30. The van der Waals surface area contributed by atoms with Gasteiger partial charge in [-0.1, -0.05) is 6.92 Å². The number of aryl methyl sites for hydroxylation is 1. The summed E-state index contributed by atoms with van der Waals surface area (Å²) in [6.07, 6.45) is 1.91. The smallest absolute Gasteiger partial charge is 0.252 e. The van der Waals surface area contributed by atoms with Crippen molar-refractivity contribution in [2.24, 2.45) is 5.92 Å². The third-order valence-electron chi connectivity index (χ3n) is 3.94. The Morgan fingerprint density at radius 1 is 1.50 bits per heavy atom. The molecule has 0 spiro atoms. The number of β-amino-alcohol motifs (C(OH)–C–C–N with tert-alkyl or cyclic N) is 1. The van der Waals surface area contributed by atoms with Crippen molar-refractivity contribution >= 4 is 17.2 Å². The zero-order valence-electron chi connectivity index (χ0n) is 12.3. The quantitative estimate of drug-likeness (QED) is 0.872. The molecule has 0 saturated carbocycles. The molecule has 5 heteroatoms. The van der Waals surface area contributed by atoms with Crippen molar-refractivity contribution in [3.8, 4) is 0 Å². The average molecular weight is 296 g/mol. The number of rotatable bonds is 5. The molecule has 1 aliphatic rings. The number of amides is 1. The van der Waals surface area contributed by atoms with Crippen molar-refractivity contribution in [3.05, 3.63) is 21.9 Å². The Morgan fingerprint density at radius 2 is 2.20 bits per heavy atom. The van der Waals surface area contributed by atoms with Crippen LogP contribution >= 0.6 is 11.3 Å². The molecule has 1 aromatic heterocycles. The van der Waals surface area contributed by atoms with Crippen LogP contribution in [-0.2, 0) is 0 Å². The first kappa shape index (κ1) is 15.5. The number of piperidine rings is 1. The van der Waals surface area contributed by atoms with Crippen LogP contribution in [0.15, 0.2) is 10.8 Å². The molecule has 0 bridgehead atoms. The van der Waals surface area contributed by atoms with Crippen LogP contribution in [0.2, 0.25) is 0 Å². The lowest BCUT2D eigenvalue weighted by molar-refractivity contribution is 0.0795. The van der Waals surface area contributed by atoms with E-state index in [4.69, 9.17) is 0 Å². The minimum absolute atomic E-state index is 0.0879. The number of hydrogen-bond donors (Lipinski definition) is 2. The molecule has 2 rings (SSSR count). The van der Waals surface area contributed by atoms with Crippen LogP contribution in [0.3, 0.4) is 0 Å². The molecule has 1 unspecified atom stereocenters. The van der Waals surface area contributed by atoms with Gasteiger partial charge in [0.15, 0.2) is 0 Å². The third-order valence-corrected chi connectivity index (χ3v) is 4.81. The summed E-state index contributed by atoms with van der Waals surface area (Å²) in [4.78, 5) is 14.2. The fourth-order valence-corrected chi connectivity index (χ4v) is 3.33. The lowest BCUT2D eigenvalue weighted by atomic mass is 9.99. The van der Waals surface area contributed by atoms with Gasteiger partial charge in [0.05, 0.1) is 11.7 Å². The molecule has 2 N–H and O–H groups in total. The zero-order valence-corrected chi connectivity index (χ0v) is 13.1. The summed E-state index contributed by atoms with van der Waals surface area (Å²) in [5, 5.41) is 16.7. The van der Waals surface area contributed by atoms with Crippen LogP contribution in [0.1, 0.15) is 35.7 Å². The number of nitrogens with one attached hydrogen (secondary N) is 1. The van der Waals surface area contributed by atoms with Crippen molar-refractivity contribution in [3.63, 3.8) is 0 Å². The van der Waals surface area contributed by atoms with Crippen molar-refractivity contribution in [1.82, 2.24) is 10.2 Å². The van der Waals surface area contributed by atoms with Gasteiger partial charge in [-0.25, -0.2) is 0 Å². The highest BCUT2D eigenvalue weighted by Gasteiger charge is 2.19. The predicted molar refractivity (Wildman–Crippen MR) is 82.2 cm³/mol. The van der Waals surface area contributed by atoms with Gasteiger partial charge in [-0.15, -0.1) is 0 Å². The molecule has 4 nitrogen and oxygen atoms in total. The second-order valence-corrected chi connectivity index (χ2v) is 6.56. The lowest BCUT2D eigenvalue weighted by Gasteiger charge is -2.31. The predicted octanol–water partition coefficient (Wildman–Crippen LogP) is 1.88. The van der Waals surface area contributed by atoms with E-state index in [1.54, 1.807) is 0 Å². The van der Waals surface area contributed by atoms with E-state index in [-0.39, 0.29) is 5.91 Å². The van der Waals surface area contributed by atoms with Crippen LogP contribution < -0.4 is 5.32 Å². The number of nitrogens with zero attached hydrogens (tertiary/aromatic N) is 1. The second kappa shape index (κ2) is 7.20. The van der Waals surface area contributed by atoms with Crippen molar-refractivity contribution in [2.45, 2.75) is 32.8 Å². The van der Waals surface area contributed by atoms with Gasteiger partial charge in [0, 0.05) is 18.5 Å². The Morgan fingerprint density at radius 3 is 2.80 bits per heavy atom. The Balaban J connectivity index is 1.71. The molecule has 0 radical (unpaired) electrons. The molecule has 20 heavy (non-hydrogen) atoms. The summed E-state index contributed by atoms with van der Waals surface area (Å²) in [5.74, 6) is 0.708. The standard InChI is InChI=1S/C15H24N2O2S/c1-11-3-5-17(6-4-11)8-13(18)7-16-15(19)14-10-20-9-12(14)2/h9-11,13,18H,3-8H2,1-2H3,(H,16,19). The first-order chi connectivity index (χ1) is 9.56. The van der Waals surface area contributed by atoms with E-state index >= 15 is 0 Å². The van der Waals surface area contributed by atoms with Crippen LogP contribution in [-0.4, -0.2) is 48.2 Å². The van der Waals surface area contributed by atoms with Gasteiger partial charge in [-0.3, -0.25) is 4.79 Å². The first-order valence-electron chi connectivity index (χ1n) is 7.27. The molecule has 0 aromatic carbocycles. The largest absolute Gasteiger partial charge is 0.390 e. The number of carbonyl (C=O) groups excluding carboxylic acids is 1. The summed E-state index contributed by atoms with van der Waals surface area (Å²) >= 11 is 1.53. The van der Waals surface area contributed by atoms with Crippen LogP contribution in [0.4, 0.5) is 0 Å². The summed E-state index contributed by atoms with van der Waals surface area (Å²) < 4.78 is 0. The van der Waals surface area contributed by atoms with E-state index in [1.165, 1.54) is 24.2 Å². The van der Waals surface area contributed by atoms with E-state index in [0.717, 1.165) is 24.6 Å². The Kier molecular flexibility index (Phi) is 5.57. The van der Waals surface area contributed by atoms with Crippen molar-refractivity contribution in [2.75, 3.05) is 26.2 Å². The maximum absolute atomic E-state index is 11.9. The van der Waals surface area contributed by atoms with Crippen molar-refractivity contribution < 1.29 is 9.90 Å². The number of aliphatic hydroxyl groups excluding tert-OH is 1. The Bertz CT molecular complexity index is 439. The second-order valence-electron chi connectivity index (χ2n) is 5.82.